The first-order valence-corrected chi connectivity index (χ1v) is 13.4. The molecule has 3 aromatic carbocycles. The second kappa shape index (κ2) is 11.6. The molecule has 2 aromatic heterocycles. The molecule has 0 spiro atoms. The lowest BCUT2D eigenvalue weighted by Crippen LogP contribution is -2.28. The van der Waals surface area contributed by atoms with Gasteiger partial charge in [0.05, 0.1) is 16.4 Å². The minimum Gasteiger partial charge on any atom is -0.366 e. The molecule has 0 saturated carbocycles. The summed E-state index contributed by atoms with van der Waals surface area (Å²) in [5, 5.41) is 15.0. The number of carbonyl (C=O) groups is 1. The van der Waals surface area contributed by atoms with Gasteiger partial charge in [-0.2, -0.15) is 9.61 Å². The van der Waals surface area contributed by atoms with Crippen molar-refractivity contribution in [3.8, 4) is 11.3 Å². The van der Waals surface area contributed by atoms with Crippen molar-refractivity contribution in [2.75, 3.05) is 10.6 Å². The molecule has 0 aliphatic heterocycles. The Balaban J connectivity index is 1.24. The number of hydrogen-bond donors (Lipinski definition) is 3. The van der Waals surface area contributed by atoms with Crippen LogP contribution in [-0.2, 0) is 13.1 Å². The maximum Gasteiger partial charge on any atom is 0.319 e. The quantitative estimate of drug-likeness (QED) is 0.170. The largest absolute Gasteiger partial charge is 0.366 e. The maximum absolute atomic E-state index is 12.3. The minimum absolute atomic E-state index is 0.351. The van der Waals surface area contributed by atoms with Crippen LogP contribution in [0.2, 0.25) is 15.1 Å². The van der Waals surface area contributed by atoms with Crippen molar-refractivity contribution in [2.24, 2.45) is 0 Å². The molecule has 5 rings (SSSR count). The van der Waals surface area contributed by atoms with Gasteiger partial charge in [-0.25, -0.2) is 9.78 Å². The summed E-state index contributed by atoms with van der Waals surface area (Å²) >= 11 is 21.9. The van der Waals surface area contributed by atoms with Gasteiger partial charge in [0, 0.05) is 45.5 Å². The monoisotopic (exact) mass is 628 g/mol. The van der Waals surface area contributed by atoms with Crippen LogP contribution in [-0.4, -0.2) is 20.6 Å². The summed E-state index contributed by atoms with van der Waals surface area (Å²) in [6, 6.07) is 22.0. The third-order valence-corrected chi connectivity index (χ3v) is 6.97. The van der Waals surface area contributed by atoms with Crippen LogP contribution < -0.4 is 16.0 Å². The highest BCUT2D eigenvalue weighted by molar-refractivity contribution is 9.10. The van der Waals surface area contributed by atoms with E-state index in [1.165, 1.54) is 0 Å². The van der Waals surface area contributed by atoms with E-state index >= 15 is 0 Å². The Morgan fingerprint density at radius 1 is 0.895 bits per heavy atom. The summed E-state index contributed by atoms with van der Waals surface area (Å²) in [7, 11) is 0. The molecule has 3 N–H and O–H groups in total. The average molecular weight is 631 g/mol. The number of halogens is 4. The number of carbonyl (C=O) groups excluding carboxylic acids is 1. The van der Waals surface area contributed by atoms with E-state index in [0.29, 0.717) is 39.5 Å². The van der Waals surface area contributed by atoms with Crippen LogP contribution in [0.3, 0.4) is 0 Å². The molecule has 2 heterocycles. The van der Waals surface area contributed by atoms with Gasteiger partial charge in [0.15, 0.2) is 5.65 Å². The van der Waals surface area contributed by atoms with E-state index in [-0.39, 0.29) is 6.03 Å². The second-order valence-electron chi connectivity index (χ2n) is 8.37. The third kappa shape index (κ3) is 6.22. The second-order valence-corrected chi connectivity index (χ2v) is 10.5. The Morgan fingerprint density at radius 2 is 1.58 bits per heavy atom. The lowest BCUT2D eigenvalue weighted by molar-refractivity contribution is 0.251. The summed E-state index contributed by atoms with van der Waals surface area (Å²) in [6.07, 6.45) is 1.71. The van der Waals surface area contributed by atoms with Crippen LogP contribution in [0.4, 0.5) is 16.3 Å². The molecule has 0 bridgehead atoms. The molecule has 38 heavy (non-hydrogen) atoms. The fraction of sp³-hybridized carbons (Fsp3) is 0.0741. The lowest BCUT2D eigenvalue weighted by Gasteiger charge is -2.12. The zero-order valence-corrected chi connectivity index (χ0v) is 23.5. The fourth-order valence-corrected chi connectivity index (χ4v) is 4.93. The number of rotatable bonds is 7. The number of urea groups is 1. The molecule has 5 aromatic rings. The topological polar surface area (TPSA) is 83.3 Å². The van der Waals surface area contributed by atoms with Crippen molar-refractivity contribution in [3.05, 3.63) is 110 Å². The number of amides is 2. The van der Waals surface area contributed by atoms with Gasteiger partial charge in [-0.3, -0.25) is 0 Å². The molecule has 0 aliphatic carbocycles. The van der Waals surface area contributed by atoms with Gasteiger partial charge in [0.2, 0.25) is 0 Å². The van der Waals surface area contributed by atoms with E-state index in [2.05, 4.69) is 37.0 Å². The Morgan fingerprint density at radius 3 is 2.29 bits per heavy atom. The Labute approximate surface area is 242 Å². The first kappa shape index (κ1) is 26.3. The van der Waals surface area contributed by atoms with E-state index in [1.54, 1.807) is 28.9 Å². The summed E-state index contributed by atoms with van der Waals surface area (Å²) in [6.45, 7) is 0.920. The highest BCUT2D eigenvalue weighted by Crippen LogP contribution is 2.30. The predicted octanol–water partition coefficient (Wildman–Crippen LogP) is 8.05. The van der Waals surface area contributed by atoms with E-state index in [0.717, 1.165) is 32.7 Å². The molecule has 11 heteroatoms. The van der Waals surface area contributed by atoms with Gasteiger partial charge >= 0.3 is 6.03 Å². The van der Waals surface area contributed by atoms with Crippen molar-refractivity contribution in [1.82, 2.24) is 19.9 Å². The molecule has 2 amide bonds. The van der Waals surface area contributed by atoms with E-state index < -0.39 is 0 Å². The molecule has 0 unspecified atom stereocenters. The molecule has 0 fully saturated rings. The molecule has 0 aliphatic rings. The first-order chi connectivity index (χ1) is 18.4. The highest BCUT2D eigenvalue weighted by atomic mass is 79.9. The maximum atomic E-state index is 12.3. The highest BCUT2D eigenvalue weighted by Gasteiger charge is 2.13. The van der Waals surface area contributed by atoms with Crippen LogP contribution in [0.25, 0.3) is 16.9 Å². The van der Waals surface area contributed by atoms with E-state index in [9.17, 15) is 4.79 Å². The van der Waals surface area contributed by atoms with Crippen molar-refractivity contribution in [3.63, 3.8) is 0 Å². The molecule has 192 valence electrons. The molecular formula is C27H20BrCl3N6O. The molecule has 0 saturated heterocycles. The van der Waals surface area contributed by atoms with Crippen LogP contribution in [0.1, 0.15) is 11.1 Å². The van der Waals surface area contributed by atoms with Gasteiger partial charge in [-0.15, -0.1) is 0 Å². The summed E-state index contributed by atoms with van der Waals surface area (Å²) in [5.74, 6) is 0.777. The summed E-state index contributed by atoms with van der Waals surface area (Å²) in [4.78, 5) is 17.0. The number of fused-ring (bicyclic) bond motifs is 1. The van der Waals surface area contributed by atoms with Gasteiger partial charge in [-0.1, -0.05) is 77.3 Å². The number of nitrogens with zero attached hydrogens (tertiary/aromatic N) is 3. The van der Waals surface area contributed by atoms with E-state index in [1.807, 2.05) is 54.6 Å². The summed E-state index contributed by atoms with van der Waals surface area (Å²) in [5.41, 5.74) is 4.80. The third-order valence-electron chi connectivity index (χ3n) is 5.65. The zero-order chi connectivity index (χ0) is 26.6. The van der Waals surface area contributed by atoms with E-state index in [4.69, 9.17) is 39.8 Å². The smallest absolute Gasteiger partial charge is 0.319 e. The molecule has 0 atom stereocenters. The van der Waals surface area contributed by atoms with Gasteiger partial charge in [0.1, 0.15) is 5.82 Å². The van der Waals surface area contributed by atoms with Crippen LogP contribution in [0, 0.1) is 0 Å². The Bertz CT molecular complexity index is 1600. The van der Waals surface area contributed by atoms with Crippen molar-refractivity contribution in [1.29, 1.82) is 0 Å². The minimum atomic E-state index is -0.351. The van der Waals surface area contributed by atoms with Gasteiger partial charge in [-0.05, 0) is 51.3 Å². The Hall–Kier alpha value is -3.30. The normalized spacial score (nSPS) is 10.9. The van der Waals surface area contributed by atoms with Gasteiger partial charge in [0.25, 0.3) is 0 Å². The van der Waals surface area contributed by atoms with Crippen LogP contribution in [0.5, 0.6) is 0 Å². The number of hydrogen-bond acceptors (Lipinski definition) is 4. The lowest BCUT2D eigenvalue weighted by atomic mass is 10.1. The molecule has 0 radical (unpaired) electrons. The standard InChI is InChI=1S/C27H20BrCl3N6O/c28-22-15-34-37-25(12-24(36-26(22)37)21-3-1-2-4-23(21)31)32-13-16-5-7-17(8-6-16)14-33-27(38)35-20-10-18(29)9-19(30)11-20/h1-12,15,32H,13-14H2,(H2,33,35,38). The van der Waals surface area contributed by atoms with Crippen molar-refractivity contribution in [2.45, 2.75) is 13.1 Å². The average Bonchev–Trinajstić information content (AvgIpc) is 3.27. The van der Waals surface area contributed by atoms with Crippen LogP contribution >= 0.6 is 50.7 Å². The van der Waals surface area contributed by atoms with Crippen molar-refractivity contribution >= 4 is 73.9 Å². The summed E-state index contributed by atoms with van der Waals surface area (Å²) < 4.78 is 2.53. The number of benzene rings is 3. The SMILES string of the molecule is O=C(NCc1ccc(CNc2cc(-c3ccccc3Cl)nc3c(Br)cnn23)cc1)Nc1cc(Cl)cc(Cl)c1. The molecular weight excluding hydrogens is 611 g/mol. The van der Waals surface area contributed by atoms with Crippen LogP contribution in [0.15, 0.2) is 83.5 Å². The predicted molar refractivity (Wildman–Crippen MR) is 157 cm³/mol. The number of anilines is 2. The number of nitrogens with one attached hydrogen (secondary N) is 3. The first-order valence-electron chi connectivity index (χ1n) is 11.5. The Kier molecular flexibility index (Phi) is 8.04. The molecule has 7 nitrogen and oxygen atoms in total. The number of aromatic nitrogens is 3. The van der Waals surface area contributed by atoms with Crippen molar-refractivity contribution < 1.29 is 4.79 Å². The zero-order valence-electron chi connectivity index (χ0n) is 19.7. The fourth-order valence-electron chi connectivity index (χ4n) is 3.82. The van der Waals surface area contributed by atoms with Gasteiger partial charge < -0.3 is 16.0 Å².